The minimum absolute atomic E-state index is 0.261. The number of fused-ring (bicyclic) bond motifs is 1. The van der Waals surface area contributed by atoms with Gasteiger partial charge in [0.1, 0.15) is 5.82 Å². The van der Waals surface area contributed by atoms with Crippen LogP contribution >= 0.6 is 11.3 Å². The molecule has 0 aliphatic rings. The number of aryl methyl sites for hydroxylation is 1. The van der Waals surface area contributed by atoms with Gasteiger partial charge in [-0.2, -0.15) is 0 Å². The molecule has 3 rings (SSSR count). The van der Waals surface area contributed by atoms with E-state index in [2.05, 4.69) is 19.9 Å². The summed E-state index contributed by atoms with van der Waals surface area (Å²) >= 11 is 1.29. The molecule has 2 N–H and O–H groups in total. The number of hydrogen-bond donors (Lipinski definition) is 2. The van der Waals surface area contributed by atoms with E-state index in [4.69, 9.17) is 0 Å². The van der Waals surface area contributed by atoms with Crippen molar-refractivity contribution in [1.29, 1.82) is 0 Å². The fourth-order valence-corrected chi connectivity index (χ4v) is 2.37. The molecular weight excluding hydrogens is 224 g/mol. The molecule has 0 saturated carbocycles. The predicted octanol–water partition coefficient (Wildman–Crippen LogP) is 2.10. The first-order valence-corrected chi connectivity index (χ1v) is 5.58. The minimum atomic E-state index is 0.261. The first-order valence-electron chi connectivity index (χ1n) is 4.70. The molecule has 0 radical (unpaired) electrons. The zero-order valence-corrected chi connectivity index (χ0v) is 9.25. The molecule has 16 heavy (non-hydrogen) atoms. The number of nitrogens with zero attached hydrogens (tertiary/aromatic N) is 3. The third kappa shape index (κ3) is 1.27. The van der Waals surface area contributed by atoms with Crippen LogP contribution in [0.2, 0.25) is 0 Å². The smallest absolute Gasteiger partial charge is 0.197 e. The molecule has 5 nitrogen and oxygen atoms in total. The van der Waals surface area contributed by atoms with Crippen molar-refractivity contribution in [2.24, 2.45) is 0 Å². The second kappa shape index (κ2) is 3.28. The Balaban J connectivity index is 2.27. The Morgan fingerprint density at radius 2 is 2.12 bits per heavy atom. The van der Waals surface area contributed by atoms with Crippen molar-refractivity contribution in [3.63, 3.8) is 0 Å². The van der Waals surface area contributed by atoms with Crippen molar-refractivity contribution >= 4 is 22.6 Å². The first kappa shape index (κ1) is 9.29. The lowest BCUT2D eigenvalue weighted by molar-refractivity contribution is 0.492. The lowest BCUT2D eigenvalue weighted by atomic mass is 10.2. The Hall–Kier alpha value is -1.95. The Kier molecular flexibility index (Phi) is 1.90. The van der Waals surface area contributed by atoms with Crippen molar-refractivity contribution in [3.8, 4) is 16.5 Å². The topological polar surface area (TPSA) is 74.7 Å². The maximum Gasteiger partial charge on any atom is 0.197 e. The standard InChI is InChI=1S/C10H8N4OS/c1-5-4-16-10(15)6(5)7-13-8-9(14-7)12-3-2-11-8/h2-4,15H,1H3,(H,11,12,13,14). The Labute approximate surface area is 94.8 Å². The van der Waals surface area contributed by atoms with Gasteiger partial charge in [0.25, 0.3) is 0 Å². The Morgan fingerprint density at radius 1 is 1.31 bits per heavy atom. The molecule has 0 fully saturated rings. The fraction of sp³-hybridized carbons (Fsp3) is 0.100. The number of hydrogen-bond acceptors (Lipinski definition) is 5. The summed E-state index contributed by atoms with van der Waals surface area (Å²) in [4.78, 5) is 15.5. The zero-order valence-electron chi connectivity index (χ0n) is 8.43. The van der Waals surface area contributed by atoms with E-state index in [-0.39, 0.29) is 5.06 Å². The normalized spacial score (nSPS) is 11.1. The van der Waals surface area contributed by atoms with E-state index in [1.807, 2.05) is 12.3 Å². The predicted molar refractivity (Wildman–Crippen MR) is 61.4 cm³/mol. The van der Waals surface area contributed by atoms with E-state index in [0.717, 1.165) is 11.1 Å². The van der Waals surface area contributed by atoms with Crippen molar-refractivity contribution in [2.45, 2.75) is 6.92 Å². The molecule has 3 aromatic rings. The largest absolute Gasteiger partial charge is 0.499 e. The molecule has 0 aromatic carbocycles. The third-order valence-electron chi connectivity index (χ3n) is 2.33. The highest BCUT2D eigenvalue weighted by Crippen LogP contribution is 2.36. The molecule has 0 aliphatic heterocycles. The van der Waals surface area contributed by atoms with Crippen molar-refractivity contribution in [2.75, 3.05) is 0 Å². The maximum atomic E-state index is 9.73. The highest BCUT2D eigenvalue weighted by molar-refractivity contribution is 7.12. The SMILES string of the molecule is Cc1csc(O)c1-c1nc2nccnc2[nH]1. The maximum absolute atomic E-state index is 9.73. The molecular formula is C10H8N4OS. The molecule has 0 unspecified atom stereocenters. The summed E-state index contributed by atoms with van der Waals surface area (Å²) in [5.41, 5.74) is 2.90. The van der Waals surface area contributed by atoms with Crippen LogP contribution in [-0.4, -0.2) is 25.0 Å². The van der Waals surface area contributed by atoms with Gasteiger partial charge in [-0.1, -0.05) is 0 Å². The lowest BCUT2D eigenvalue weighted by Crippen LogP contribution is -1.80. The molecule has 0 saturated heterocycles. The van der Waals surface area contributed by atoms with Crippen LogP contribution in [0.25, 0.3) is 22.7 Å². The van der Waals surface area contributed by atoms with Crippen LogP contribution in [0, 0.1) is 6.92 Å². The molecule has 3 aromatic heterocycles. The number of rotatable bonds is 1. The summed E-state index contributed by atoms with van der Waals surface area (Å²) in [5.74, 6) is 0.609. The van der Waals surface area contributed by atoms with Crippen LogP contribution in [0.5, 0.6) is 5.06 Å². The number of aromatic hydroxyl groups is 1. The molecule has 80 valence electrons. The van der Waals surface area contributed by atoms with Crippen LogP contribution in [0.15, 0.2) is 17.8 Å². The van der Waals surface area contributed by atoms with E-state index in [1.165, 1.54) is 11.3 Å². The van der Waals surface area contributed by atoms with E-state index in [1.54, 1.807) is 12.4 Å². The lowest BCUT2D eigenvalue weighted by Gasteiger charge is -1.94. The number of nitrogens with one attached hydrogen (secondary N) is 1. The summed E-state index contributed by atoms with van der Waals surface area (Å²) in [6.45, 7) is 1.93. The number of thiophene rings is 1. The van der Waals surface area contributed by atoms with Crippen molar-refractivity contribution in [1.82, 2.24) is 19.9 Å². The molecule has 0 spiro atoms. The van der Waals surface area contributed by atoms with Crippen LogP contribution in [0.4, 0.5) is 0 Å². The van der Waals surface area contributed by atoms with Gasteiger partial charge in [0.2, 0.25) is 0 Å². The average molecular weight is 232 g/mol. The van der Waals surface area contributed by atoms with E-state index in [0.29, 0.717) is 17.1 Å². The molecule has 0 amide bonds. The molecule has 0 aliphatic carbocycles. The van der Waals surface area contributed by atoms with Crippen molar-refractivity contribution in [3.05, 3.63) is 23.3 Å². The second-order valence-electron chi connectivity index (χ2n) is 3.41. The monoisotopic (exact) mass is 232 g/mol. The highest BCUT2D eigenvalue weighted by Gasteiger charge is 2.14. The van der Waals surface area contributed by atoms with E-state index in [9.17, 15) is 5.11 Å². The van der Waals surface area contributed by atoms with Gasteiger partial charge in [-0.15, -0.1) is 11.3 Å². The third-order valence-corrected chi connectivity index (χ3v) is 3.22. The Bertz CT molecular complexity index is 605. The van der Waals surface area contributed by atoms with Gasteiger partial charge < -0.3 is 10.1 Å². The van der Waals surface area contributed by atoms with E-state index < -0.39 is 0 Å². The van der Waals surface area contributed by atoms with E-state index >= 15 is 0 Å². The summed E-state index contributed by atoms with van der Waals surface area (Å²) < 4.78 is 0. The van der Waals surface area contributed by atoms with Gasteiger partial charge in [0.15, 0.2) is 16.4 Å². The Morgan fingerprint density at radius 3 is 2.81 bits per heavy atom. The van der Waals surface area contributed by atoms with Crippen LogP contribution < -0.4 is 0 Å². The number of aromatic amines is 1. The number of H-pyrrole nitrogens is 1. The van der Waals surface area contributed by atoms with Crippen LogP contribution in [0.3, 0.4) is 0 Å². The van der Waals surface area contributed by atoms with Gasteiger partial charge in [0.05, 0.1) is 5.56 Å². The highest BCUT2D eigenvalue weighted by atomic mass is 32.1. The van der Waals surface area contributed by atoms with Crippen molar-refractivity contribution < 1.29 is 5.11 Å². The fourth-order valence-electron chi connectivity index (χ4n) is 1.58. The summed E-state index contributed by atoms with van der Waals surface area (Å²) in [5, 5.41) is 11.9. The molecule has 3 heterocycles. The van der Waals surface area contributed by atoms with Crippen LogP contribution in [0.1, 0.15) is 5.56 Å². The second-order valence-corrected chi connectivity index (χ2v) is 4.27. The van der Waals surface area contributed by atoms with Crippen LogP contribution in [-0.2, 0) is 0 Å². The minimum Gasteiger partial charge on any atom is -0.499 e. The van der Waals surface area contributed by atoms with Gasteiger partial charge in [-0.25, -0.2) is 15.0 Å². The van der Waals surface area contributed by atoms with Gasteiger partial charge in [-0.05, 0) is 17.9 Å². The van der Waals surface area contributed by atoms with Gasteiger partial charge in [0, 0.05) is 12.4 Å². The molecule has 6 heteroatoms. The summed E-state index contributed by atoms with van der Waals surface area (Å²) in [7, 11) is 0. The molecule has 0 bridgehead atoms. The van der Waals surface area contributed by atoms with Gasteiger partial charge >= 0.3 is 0 Å². The van der Waals surface area contributed by atoms with Gasteiger partial charge in [-0.3, -0.25) is 0 Å². The number of imidazole rings is 1. The average Bonchev–Trinajstić information content (AvgIpc) is 2.82. The summed E-state index contributed by atoms with van der Waals surface area (Å²) in [6, 6.07) is 0. The first-order chi connectivity index (χ1) is 7.75. The quantitative estimate of drug-likeness (QED) is 0.673. The zero-order chi connectivity index (χ0) is 11.1. The summed E-state index contributed by atoms with van der Waals surface area (Å²) in [6.07, 6.45) is 3.19. The number of aromatic nitrogens is 4. The molecule has 0 atom stereocenters.